The minimum Gasteiger partial charge on any atom is -0.462 e. The molecule has 1 aromatic carbocycles. The van der Waals surface area contributed by atoms with Gasteiger partial charge < -0.3 is 14.6 Å². The molecule has 1 atom stereocenters. The molecule has 0 spiro atoms. The molecule has 2 rings (SSSR count). The quantitative estimate of drug-likeness (QED) is 0.856. The van der Waals surface area contributed by atoms with Crippen molar-refractivity contribution in [2.45, 2.75) is 25.9 Å². The molecule has 0 amide bonds. The molecule has 1 aliphatic carbocycles. The van der Waals surface area contributed by atoms with Crippen molar-refractivity contribution in [3.05, 3.63) is 41.5 Å². The van der Waals surface area contributed by atoms with Crippen LogP contribution in [0.4, 0.5) is 0 Å². The second-order valence-corrected chi connectivity index (χ2v) is 5.07. The van der Waals surface area contributed by atoms with Gasteiger partial charge in [-0.05, 0) is 16.7 Å². The minimum absolute atomic E-state index is 0.101. The Hall–Kier alpha value is -2.14. The van der Waals surface area contributed by atoms with Gasteiger partial charge in [-0.3, -0.25) is 9.59 Å². The van der Waals surface area contributed by atoms with E-state index in [0.717, 1.165) is 11.1 Å². The number of carbonyl (C=O) groups excluding carboxylic acids is 2. The molecule has 0 fully saturated rings. The molecule has 1 aromatic rings. The highest BCUT2D eigenvalue weighted by Gasteiger charge is 2.35. The molecule has 0 radical (unpaired) electrons. The van der Waals surface area contributed by atoms with Gasteiger partial charge in [-0.15, -0.1) is 0 Å². The van der Waals surface area contributed by atoms with E-state index in [4.69, 9.17) is 9.47 Å². The zero-order valence-corrected chi connectivity index (χ0v) is 12.1. The monoisotopic (exact) mass is 290 g/mol. The summed E-state index contributed by atoms with van der Waals surface area (Å²) >= 11 is 0. The molecule has 21 heavy (non-hydrogen) atoms. The molecule has 112 valence electrons. The lowest BCUT2D eigenvalue weighted by atomic mass is 9.80. The highest BCUT2D eigenvalue weighted by Crippen LogP contribution is 2.37. The van der Waals surface area contributed by atoms with Crippen molar-refractivity contribution in [1.82, 2.24) is 0 Å². The zero-order valence-electron chi connectivity index (χ0n) is 12.1. The summed E-state index contributed by atoms with van der Waals surface area (Å²) in [4.78, 5) is 21.9. The summed E-state index contributed by atoms with van der Waals surface area (Å²) in [5, 5.41) is 10.7. The van der Waals surface area contributed by atoms with Crippen molar-refractivity contribution in [2.75, 3.05) is 13.2 Å². The van der Waals surface area contributed by atoms with Gasteiger partial charge in [0, 0.05) is 20.3 Å². The number of rotatable bonds is 4. The van der Waals surface area contributed by atoms with Crippen LogP contribution in [0.1, 0.15) is 31.4 Å². The minimum atomic E-state index is -1.25. The van der Waals surface area contributed by atoms with Crippen LogP contribution in [0.15, 0.2) is 30.3 Å². The Labute approximate surface area is 123 Å². The van der Waals surface area contributed by atoms with Crippen molar-refractivity contribution in [2.24, 2.45) is 0 Å². The zero-order chi connectivity index (χ0) is 15.5. The van der Waals surface area contributed by atoms with E-state index in [9.17, 15) is 14.7 Å². The van der Waals surface area contributed by atoms with Crippen LogP contribution in [-0.2, 0) is 24.7 Å². The molecular formula is C16H18O5. The molecular weight excluding hydrogens is 272 g/mol. The Balaban J connectivity index is 2.28. The third-order valence-corrected chi connectivity index (χ3v) is 3.41. The Morgan fingerprint density at radius 2 is 1.86 bits per heavy atom. The summed E-state index contributed by atoms with van der Waals surface area (Å²) in [5.41, 5.74) is 1.07. The summed E-state index contributed by atoms with van der Waals surface area (Å²) < 4.78 is 10.0. The van der Waals surface area contributed by atoms with Gasteiger partial charge in [0.1, 0.15) is 18.8 Å². The molecule has 1 unspecified atom stereocenters. The van der Waals surface area contributed by atoms with E-state index in [1.54, 1.807) is 6.07 Å². The Bertz CT molecular complexity index is 590. The lowest BCUT2D eigenvalue weighted by Gasteiger charge is -2.33. The number of esters is 2. The first-order valence-electron chi connectivity index (χ1n) is 6.70. The van der Waals surface area contributed by atoms with E-state index >= 15 is 0 Å². The fourth-order valence-corrected chi connectivity index (χ4v) is 2.35. The average Bonchev–Trinajstić information content (AvgIpc) is 2.45. The number of hydrogen-bond acceptors (Lipinski definition) is 5. The Kier molecular flexibility index (Phi) is 4.43. The van der Waals surface area contributed by atoms with Crippen LogP contribution < -0.4 is 0 Å². The molecule has 5 heteroatoms. The number of aliphatic hydroxyl groups is 1. The molecule has 0 saturated carbocycles. The normalized spacial score (nSPS) is 20.2. The van der Waals surface area contributed by atoms with E-state index in [1.165, 1.54) is 13.8 Å². The number of fused-ring (bicyclic) bond motifs is 1. The van der Waals surface area contributed by atoms with Gasteiger partial charge in [0.05, 0.1) is 0 Å². The maximum absolute atomic E-state index is 11.0. The molecule has 0 aromatic heterocycles. The van der Waals surface area contributed by atoms with E-state index in [-0.39, 0.29) is 19.2 Å². The molecule has 1 N–H and O–H groups in total. The SMILES string of the molecule is CC(=O)OCC1=CCC(O)(COC(C)=O)c2ccccc21. The first kappa shape index (κ1) is 15.3. The number of benzene rings is 1. The van der Waals surface area contributed by atoms with Crippen LogP contribution in [0, 0.1) is 0 Å². The fraction of sp³-hybridized carbons (Fsp3) is 0.375. The summed E-state index contributed by atoms with van der Waals surface area (Å²) in [7, 11) is 0. The largest absolute Gasteiger partial charge is 0.462 e. The highest BCUT2D eigenvalue weighted by atomic mass is 16.5. The third kappa shape index (κ3) is 3.49. The Morgan fingerprint density at radius 1 is 1.19 bits per heavy atom. The van der Waals surface area contributed by atoms with Crippen LogP contribution >= 0.6 is 0 Å². The van der Waals surface area contributed by atoms with Gasteiger partial charge >= 0.3 is 11.9 Å². The molecule has 1 aliphatic rings. The van der Waals surface area contributed by atoms with E-state index in [0.29, 0.717) is 12.0 Å². The summed E-state index contributed by atoms with van der Waals surface area (Å²) in [6.45, 7) is 2.72. The average molecular weight is 290 g/mol. The van der Waals surface area contributed by atoms with Crippen LogP contribution in [0.5, 0.6) is 0 Å². The lowest BCUT2D eigenvalue weighted by Crippen LogP contribution is -2.35. The molecule has 0 aliphatic heterocycles. The van der Waals surface area contributed by atoms with Crippen LogP contribution in [-0.4, -0.2) is 30.3 Å². The van der Waals surface area contributed by atoms with Crippen molar-refractivity contribution in [3.63, 3.8) is 0 Å². The van der Waals surface area contributed by atoms with Gasteiger partial charge in [0.15, 0.2) is 0 Å². The predicted octanol–water partition coefficient (Wildman–Crippen LogP) is 1.79. The van der Waals surface area contributed by atoms with Crippen LogP contribution in [0.25, 0.3) is 5.57 Å². The van der Waals surface area contributed by atoms with Gasteiger partial charge in [0.2, 0.25) is 0 Å². The maximum atomic E-state index is 11.0. The van der Waals surface area contributed by atoms with Crippen LogP contribution in [0.2, 0.25) is 0 Å². The number of ether oxygens (including phenoxy) is 2. The van der Waals surface area contributed by atoms with E-state index in [2.05, 4.69) is 0 Å². The van der Waals surface area contributed by atoms with Gasteiger partial charge in [-0.1, -0.05) is 30.3 Å². The van der Waals surface area contributed by atoms with Gasteiger partial charge in [0.25, 0.3) is 0 Å². The van der Waals surface area contributed by atoms with E-state index in [1.807, 2.05) is 24.3 Å². The summed E-state index contributed by atoms with van der Waals surface area (Å²) in [5.74, 6) is -0.787. The number of carbonyl (C=O) groups is 2. The standard InChI is InChI=1S/C16H18O5/c1-11(17)20-9-13-7-8-16(19,10-21-12(2)18)15-6-4-3-5-14(13)15/h3-7,19H,8-10H2,1-2H3. The highest BCUT2D eigenvalue weighted by molar-refractivity contribution is 5.75. The van der Waals surface area contributed by atoms with Crippen molar-refractivity contribution >= 4 is 17.5 Å². The lowest BCUT2D eigenvalue weighted by molar-refractivity contribution is -0.149. The van der Waals surface area contributed by atoms with Crippen molar-refractivity contribution < 1.29 is 24.2 Å². The van der Waals surface area contributed by atoms with Crippen molar-refractivity contribution in [3.8, 4) is 0 Å². The van der Waals surface area contributed by atoms with Gasteiger partial charge in [-0.2, -0.15) is 0 Å². The topological polar surface area (TPSA) is 72.8 Å². The molecule has 0 saturated heterocycles. The maximum Gasteiger partial charge on any atom is 0.302 e. The predicted molar refractivity (Wildman–Crippen MR) is 76.2 cm³/mol. The number of hydrogen-bond donors (Lipinski definition) is 1. The molecule has 5 nitrogen and oxygen atoms in total. The third-order valence-electron chi connectivity index (χ3n) is 3.41. The van der Waals surface area contributed by atoms with Crippen molar-refractivity contribution in [1.29, 1.82) is 0 Å². The smallest absolute Gasteiger partial charge is 0.302 e. The van der Waals surface area contributed by atoms with Gasteiger partial charge in [-0.25, -0.2) is 0 Å². The van der Waals surface area contributed by atoms with Crippen LogP contribution in [0.3, 0.4) is 0 Å². The first-order valence-corrected chi connectivity index (χ1v) is 6.70. The first-order chi connectivity index (χ1) is 9.92. The second kappa shape index (κ2) is 6.10. The summed E-state index contributed by atoms with van der Waals surface area (Å²) in [6, 6.07) is 7.30. The summed E-state index contributed by atoms with van der Waals surface area (Å²) in [6.07, 6.45) is 2.11. The Morgan fingerprint density at radius 3 is 2.52 bits per heavy atom. The molecule has 0 bridgehead atoms. The second-order valence-electron chi connectivity index (χ2n) is 5.07. The van der Waals surface area contributed by atoms with E-state index < -0.39 is 11.6 Å². The fourth-order valence-electron chi connectivity index (χ4n) is 2.35. The molecule has 0 heterocycles.